The first-order chi connectivity index (χ1) is 7.27. The Morgan fingerprint density at radius 2 is 2.53 bits per heavy atom. The second-order valence-electron chi connectivity index (χ2n) is 3.57. The second-order valence-corrected chi connectivity index (χ2v) is 4.52. The molecule has 15 heavy (non-hydrogen) atoms. The zero-order valence-corrected chi connectivity index (χ0v) is 9.51. The molecule has 1 aromatic rings. The molecule has 0 aliphatic carbocycles. The lowest BCUT2D eigenvalue weighted by molar-refractivity contribution is 0.104. The minimum atomic E-state index is 0.0845. The number of nitrogens with one attached hydrogen (secondary N) is 1. The summed E-state index contributed by atoms with van der Waals surface area (Å²) < 4.78 is 0. The van der Waals surface area contributed by atoms with Gasteiger partial charge in [-0.2, -0.15) is 0 Å². The molecular weight excluding hydrogens is 208 g/mol. The Morgan fingerprint density at radius 3 is 3.20 bits per heavy atom. The number of carbonyl (C=O) groups is 1. The first-order valence-corrected chi connectivity index (χ1v) is 5.90. The molecule has 4 heteroatoms. The Kier molecular flexibility index (Phi) is 3.06. The van der Waals surface area contributed by atoms with Crippen LogP contribution in [0.3, 0.4) is 0 Å². The maximum atomic E-state index is 11.8. The summed E-state index contributed by atoms with van der Waals surface area (Å²) in [4.78, 5) is 14.7. The van der Waals surface area contributed by atoms with Crippen LogP contribution in [0, 0.1) is 0 Å². The van der Waals surface area contributed by atoms with Crippen molar-refractivity contribution in [2.45, 2.75) is 6.42 Å². The van der Waals surface area contributed by atoms with E-state index in [2.05, 4.69) is 10.2 Å². The molecule has 0 atom stereocenters. The Labute approximate surface area is 93.4 Å². The number of rotatable bonds is 2. The van der Waals surface area contributed by atoms with E-state index in [9.17, 15) is 4.79 Å². The van der Waals surface area contributed by atoms with Gasteiger partial charge in [0.15, 0.2) is 5.78 Å². The van der Waals surface area contributed by atoms with Gasteiger partial charge in [0.25, 0.3) is 0 Å². The van der Waals surface area contributed by atoms with Gasteiger partial charge in [0, 0.05) is 26.2 Å². The van der Waals surface area contributed by atoms with Gasteiger partial charge in [-0.25, -0.2) is 0 Å². The summed E-state index contributed by atoms with van der Waals surface area (Å²) in [5.41, 5.74) is 0. The van der Waals surface area contributed by atoms with Crippen molar-refractivity contribution >= 4 is 17.1 Å². The highest BCUT2D eigenvalue weighted by Gasteiger charge is 2.12. The lowest BCUT2D eigenvalue weighted by Crippen LogP contribution is -2.37. The first-order valence-electron chi connectivity index (χ1n) is 5.02. The summed E-state index contributed by atoms with van der Waals surface area (Å²) in [6.45, 7) is 1.96. The predicted molar refractivity (Wildman–Crippen MR) is 62.0 cm³/mol. The molecule has 0 saturated carbocycles. The van der Waals surface area contributed by atoms with E-state index in [1.165, 1.54) is 11.3 Å². The molecular formula is C11H14N2OS. The molecule has 0 amide bonds. The van der Waals surface area contributed by atoms with Crippen LogP contribution >= 0.6 is 11.3 Å². The zero-order valence-electron chi connectivity index (χ0n) is 8.69. The molecule has 0 radical (unpaired) electrons. The molecule has 0 bridgehead atoms. The van der Waals surface area contributed by atoms with E-state index in [4.69, 9.17) is 0 Å². The van der Waals surface area contributed by atoms with Crippen molar-refractivity contribution < 1.29 is 4.79 Å². The van der Waals surface area contributed by atoms with Crippen LogP contribution in [0.2, 0.25) is 0 Å². The van der Waals surface area contributed by atoms with Crippen molar-refractivity contribution in [1.29, 1.82) is 0 Å². The van der Waals surface area contributed by atoms with Crippen LogP contribution in [0.4, 0.5) is 0 Å². The molecule has 0 aromatic carbocycles. The van der Waals surface area contributed by atoms with E-state index < -0.39 is 0 Å². The standard InChI is InChI=1S/C11H14N2OS/c1-13-6-3-5-12-11(13)8-9(14)10-4-2-7-15-10/h2,4,7-8,12H,3,5-6H2,1H3/b11-8+. The summed E-state index contributed by atoms with van der Waals surface area (Å²) in [5, 5.41) is 5.15. The van der Waals surface area contributed by atoms with Gasteiger partial charge >= 0.3 is 0 Å². The van der Waals surface area contributed by atoms with Crippen LogP contribution in [0.5, 0.6) is 0 Å². The fraction of sp³-hybridized carbons (Fsp3) is 0.364. The molecule has 1 fully saturated rings. The van der Waals surface area contributed by atoms with Gasteiger partial charge in [-0.05, 0) is 17.9 Å². The van der Waals surface area contributed by atoms with Gasteiger partial charge in [0.2, 0.25) is 0 Å². The summed E-state index contributed by atoms with van der Waals surface area (Å²) in [5.74, 6) is 1.01. The SMILES string of the molecule is CN1CCCN/C1=C\C(=O)c1cccs1. The number of thiophene rings is 1. The minimum absolute atomic E-state index is 0.0845. The third-order valence-electron chi connectivity index (χ3n) is 2.42. The van der Waals surface area contributed by atoms with Crippen molar-refractivity contribution in [2.24, 2.45) is 0 Å². The van der Waals surface area contributed by atoms with Crippen LogP contribution in [-0.2, 0) is 0 Å². The molecule has 2 heterocycles. The summed E-state index contributed by atoms with van der Waals surface area (Å²) in [6, 6.07) is 3.75. The molecule has 1 saturated heterocycles. The monoisotopic (exact) mass is 222 g/mol. The van der Waals surface area contributed by atoms with E-state index in [1.807, 2.05) is 24.6 Å². The van der Waals surface area contributed by atoms with E-state index in [0.29, 0.717) is 0 Å². The van der Waals surface area contributed by atoms with Gasteiger partial charge in [-0.3, -0.25) is 4.79 Å². The molecule has 1 N–H and O–H groups in total. The van der Waals surface area contributed by atoms with Gasteiger partial charge < -0.3 is 10.2 Å². The third kappa shape index (κ3) is 2.39. The molecule has 0 spiro atoms. The fourth-order valence-electron chi connectivity index (χ4n) is 1.56. The van der Waals surface area contributed by atoms with Crippen LogP contribution in [0.1, 0.15) is 16.1 Å². The Hall–Kier alpha value is -1.29. The predicted octanol–water partition coefficient (Wildman–Crippen LogP) is 1.70. The van der Waals surface area contributed by atoms with Crippen molar-refractivity contribution in [3.63, 3.8) is 0 Å². The number of carbonyl (C=O) groups excluding carboxylic acids is 1. The molecule has 1 aliphatic rings. The average Bonchev–Trinajstić information content (AvgIpc) is 2.74. The van der Waals surface area contributed by atoms with Crippen molar-refractivity contribution in [3.05, 3.63) is 34.3 Å². The van der Waals surface area contributed by atoms with Crippen molar-refractivity contribution in [1.82, 2.24) is 10.2 Å². The van der Waals surface area contributed by atoms with E-state index in [1.54, 1.807) is 6.08 Å². The summed E-state index contributed by atoms with van der Waals surface area (Å²) in [7, 11) is 2.00. The molecule has 1 aliphatic heterocycles. The fourth-order valence-corrected chi connectivity index (χ4v) is 2.20. The van der Waals surface area contributed by atoms with Gasteiger partial charge in [-0.15, -0.1) is 11.3 Å². The second kappa shape index (κ2) is 4.49. The zero-order chi connectivity index (χ0) is 10.7. The smallest absolute Gasteiger partial charge is 0.199 e. The maximum Gasteiger partial charge on any atom is 0.199 e. The number of hydrogen-bond acceptors (Lipinski definition) is 4. The van der Waals surface area contributed by atoms with Crippen LogP contribution in [0.15, 0.2) is 29.4 Å². The third-order valence-corrected chi connectivity index (χ3v) is 3.30. The number of nitrogens with zero attached hydrogens (tertiary/aromatic N) is 1. The normalized spacial score (nSPS) is 19.0. The first kappa shape index (κ1) is 10.2. The maximum absolute atomic E-state index is 11.8. The summed E-state index contributed by atoms with van der Waals surface area (Å²) >= 11 is 1.48. The van der Waals surface area contributed by atoms with Crippen LogP contribution < -0.4 is 5.32 Å². The largest absolute Gasteiger partial charge is 0.372 e. The lowest BCUT2D eigenvalue weighted by Gasteiger charge is -2.28. The van der Waals surface area contributed by atoms with Gasteiger partial charge in [0.1, 0.15) is 5.82 Å². The highest BCUT2D eigenvalue weighted by Crippen LogP contribution is 2.12. The minimum Gasteiger partial charge on any atom is -0.372 e. The van der Waals surface area contributed by atoms with E-state index >= 15 is 0 Å². The summed E-state index contributed by atoms with van der Waals surface area (Å²) in [6.07, 6.45) is 2.81. The van der Waals surface area contributed by atoms with Crippen LogP contribution in [0.25, 0.3) is 0 Å². The molecule has 80 valence electrons. The van der Waals surface area contributed by atoms with Gasteiger partial charge in [0.05, 0.1) is 4.88 Å². The quantitative estimate of drug-likeness (QED) is 0.610. The number of allylic oxidation sites excluding steroid dienone is 1. The van der Waals surface area contributed by atoms with Crippen molar-refractivity contribution in [2.75, 3.05) is 20.1 Å². The van der Waals surface area contributed by atoms with Crippen LogP contribution in [-0.4, -0.2) is 30.8 Å². The highest BCUT2D eigenvalue weighted by atomic mass is 32.1. The van der Waals surface area contributed by atoms with Crippen molar-refractivity contribution in [3.8, 4) is 0 Å². The molecule has 3 nitrogen and oxygen atoms in total. The van der Waals surface area contributed by atoms with E-state index in [0.717, 1.165) is 30.2 Å². The highest BCUT2D eigenvalue weighted by molar-refractivity contribution is 7.12. The van der Waals surface area contributed by atoms with E-state index in [-0.39, 0.29) is 5.78 Å². The topological polar surface area (TPSA) is 32.3 Å². The Balaban J connectivity index is 2.12. The Bertz CT molecular complexity index is 370. The van der Waals surface area contributed by atoms with Gasteiger partial charge in [-0.1, -0.05) is 6.07 Å². The number of hydrogen-bond donors (Lipinski definition) is 1. The lowest BCUT2D eigenvalue weighted by atomic mass is 10.2. The average molecular weight is 222 g/mol. The molecule has 1 aromatic heterocycles. The number of ketones is 1. The Morgan fingerprint density at radius 1 is 1.67 bits per heavy atom. The molecule has 2 rings (SSSR count). The molecule has 0 unspecified atom stereocenters.